The highest BCUT2D eigenvalue weighted by atomic mass is 28.4. The van der Waals surface area contributed by atoms with Crippen molar-refractivity contribution >= 4 is 14.6 Å². The molecule has 1 aliphatic rings. The molecule has 0 radical (unpaired) electrons. The van der Waals surface area contributed by atoms with Gasteiger partial charge >= 0.3 is 0 Å². The molecule has 0 saturated carbocycles. The Kier molecular flexibility index (Phi) is 4.74. The third-order valence-corrected chi connectivity index (χ3v) is 9.71. The van der Waals surface area contributed by atoms with Crippen molar-refractivity contribution in [3.05, 3.63) is 11.1 Å². The van der Waals surface area contributed by atoms with Crippen molar-refractivity contribution in [1.29, 1.82) is 0 Å². The molecule has 0 heterocycles. The Bertz CT molecular complexity index is 416. The standard InChI is InChI=1S/C16H30O3Si/c1-11-12(10-17)16(5,6)14(9-13(11)18)19-20(7,8)15(2,3)4/h10,13-14,18H,9H2,1-8H3/t13-,14+/m0/s1. The maximum atomic E-state index is 11.4. The minimum Gasteiger partial charge on any atom is -0.413 e. The first-order valence-electron chi connectivity index (χ1n) is 7.37. The first-order valence-corrected chi connectivity index (χ1v) is 10.3. The van der Waals surface area contributed by atoms with E-state index >= 15 is 0 Å². The third-order valence-electron chi connectivity index (χ3n) is 5.22. The van der Waals surface area contributed by atoms with E-state index in [1.54, 1.807) is 0 Å². The Morgan fingerprint density at radius 1 is 1.35 bits per heavy atom. The molecular weight excluding hydrogens is 268 g/mol. The average molecular weight is 298 g/mol. The quantitative estimate of drug-likeness (QED) is 0.638. The highest BCUT2D eigenvalue weighted by Gasteiger charge is 2.47. The SMILES string of the molecule is CC1=C(C=O)C(C)(C)[C@H](O[Si](C)(C)C(C)(C)C)C[C@@H]1O. The van der Waals surface area contributed by atoms with Crippen LogP contribution in [0.25, 0.3) is 0 Å². The molecule has 4 heteroatoms. The van der Waals surface area contributed by atoms with Crippen LogP contribution >= 0.6 is 0 Å². The van der Waals surface area contributed by atoms with Gasteiger partial charge in [0.25, 0.3) is 0 Å². The minimum atomic E-state index is -1.92. The lowest BCUT2D eigenvalue weighted by molar-refractivity contribution is -0.107. The van der Waals surface area contributed by atoms with E-state index in [-0.39, 0.29) is 16.6 Å². The predicted molar refractivity (Wildman–Crippen MR) is 85.2 cm³/mol. The van der Waals surface area contributed by atoms with E-state index in [0.717, 1.165) is 11.9 Å². The Labute approximate surface area is 124 Å². The zero-order valence-electron chi connectivity index (χ0n) is 14.2. The first kappa shape index (κ1) is 17.6. The zero-order valence-corrected chi connectivity index (χ0v) is 15.2. The van der Waals surface area contributed by atoms with Gasteiger partial charge in [-0.1, -0.05) is 34.6 Å². The monoisotopic (exact) mass is 298 g/mol. The Balaban J connectivity index is 3.13. The molecule has 1 aliphatic carbocycles. The number of aldehydes is 1. The van der Waals surface area contributed by atoms with E-state index < -0.39 is 14.4 Å². The van der Waals surface area contributed by atoms with Crippen LogP contribution in [-0.2, 0) is 9.22 Å². The lowest BCUT2D eigenvalue weighted by Crippen LogP contribution is -2.51. The van der Waals surface area contributed by atoms with Gasteiger partial charge in [0.15, 0.2) is 8.32 Å². The molecule has 0 fully saturated rings. The fraction of sp³-hybridized carbons (Fsp3) is 0.812. The van der Waals surface area contributed by atoms with E-state index in [9.17, 15) is 9.90 Å². The van der Waals surface area contributed by atoms with Crippen molar-refractivity contribution in [3.8, 4) is 0 Å². The molecule has 0 spiro atoms. The second-order valence-corrected chi connectivity index (χ2v) is 12.8. The fourth-order valence-corrected chi connectivity index (χ4v) is 3.96. The summed E-state index contributed by atoms with van der Waals surface area (Å²) in [5.74, 6) is 0. The normalized spacial score (nSPS) is 27.6. The van der Waals surface area contributed by atoms with Gasteiger partial charge in [0.05, 0.1) is 12.2 Å². The highest BCUT2D eigenvalue weighted by Crippen LogP contribution is 2.45. The van der Waals surface area contributed by atoms with Crippen LogP contribution in [0.2, 0.25) is 18.1 Å². The summed E-state index contributed by atoms with van der Waals surface area (Å²) in [6.07, 6.45) is 0.780. The minimum absolute atomic E-state index is 0.109. The fourth-order valence-electron chi connectivity index (χ4n) is 2.51. The van der Waals surface area contributed by atoms with Gasteiger partial charge < -0.3 is 9.53 Å². The van der Waals surface area contributed by atoms with Crippen LogP contribution < -0.4 is 0 Å². The molecule has 116 valence electrons. The predicted octanol–water partition coefficient (Wildman–Crippen LogP) is 3.68. The summed E-state index contributed by atoms with van der Waals surface area (Å²) in [5, 5.41) is 10.3. The molecule has 1 rings (SSSR count). The van der Waals surface area contributed by atoms with Gasteiger partial charge in [0, 0.05) is 17.4 Å². The summed E-state index contributed by atoms with van der Waals surface area (Å²) in [4.78, 5) is 11.4. The van der Waals surface area contributed by atoms with Crippen molar-refractivity contribution in [2.24, 2.45) is 5.41 Å². The van der Waals surface area contributed by atoms with Crippen molar-refractivity contribution in [2.45, 2.75) is 78.3 Å². The molecular formula is C16H30O3Si. The average Bonchev–Trinajstić information content (AvgIpc) is 2.24. The second kappa shape index (κ2) is 5.39. The van der Waals surface area contributed by atoms with Crippen LogP contribution in [0, 0.1) is 5.41 Å². The van der Waals surface area contributed by atoms with Gasteiger partial charge in [-0.05, 0) is 30.6 Å². The van der Waals surface area contributed by atoms with Gasteiger partial charge in [-0.15, -0.1) is 0 Å². The van der Waals surface area contributed by atoms with E-state index in [2.05, 4.69) is 33.9 Å². The van der Waals surface area contributed by atoms with E-state index in [1.165, 1.54) is 0 Å². The zero-order chi connectivity index (χ0) is 15.9. The molecule has 0 bridgehead atoms. The van der Waals surface area contributed by atoms with Crippen LogP contribution in [0.5, 0.6) is 0 Å². The van der Waals surface area contributed by atoms with Crippen molar-refractivity contribution in [3.63, 3.8) is 0 Å². The van der Waals surface area contributed by atoms with Crippen LogP contribution in [-0.4, -0.2) is 31.9 Å². The number of carbonyl (C=O) groups excluding carboxylic acids is 1. The molecule has 0 aliphatic heterocycles. The van der Waals surface area contributed by atoms with Crippen LogP contribution in [0.1, 0.15) is 48.0 Å². The molecule has 0 unspecified atom stereocenters. The maximum absolute atomic E-state index is 11.4. The molecule has 20 heavy (non-hydrogen) atoms. The van der Waals surface area contributed by atoms with Crippen LogP contribution in [0.4, 0.5) is 0 Å². The molecule has 0 aromatic rings. The van der Waals surface area contributed by atoms with E-state index in [0.29, 0.717) is 12.0 Å². The van der Waals surface area contributed by atoms with Gasteiger partial charge in [-0.25, -0.2) is 0 Å². The molecule has 2 atom stereocenters. The lowest BCUT2D eigenvalue weighted by Gasteiger charge is -2.47. The Morgan fingerprint density at radius 2 is 1.85 bits per heavy atom. The summed E-state index contributed by atoms with van der Waals surface area (Å²) in [6, 6.07) is 0. The van der Waals surface area contributed by atoms with Crippen LogP contribution in [0.3, 0.4) is 0 Å². The lowest BCUT2D eigenvalue weighted by atomic mass is 9.70. The van der Waals surface area contributed by atoms with Crippen molar-refractivity contribution in [1.82, 2.24) is 0 Å². The van der Waals surface area contributed by atoms with Crippen LogP contribution in [0.15, 0.2) is 11.1 Å². The molecule has 0 aromatic carbocycles. The smallest absolute Gasteiger partial charge is 0.192 e. The van der Waals surface area contributed by atoms with E-state index in [1.807, 2.05) is 20.8 Å². The van der Waals surface area contributed by atoms with Crippen molar-refractivity contribution < 1.29 is 14.3 Å². The summed E-state index contributed by atoms with van der Waals surface area (Å²) in [7, 11) is -1.92. The topological polar surface area (TPSA) is 46.5 Å². The molecule has 0 saturated heterocycles. The summed E-state index contributed by atoms with van der Waals surface area (Å²) >= 11 is 0. The number of hydrogen-bond donors (Lipinski definition) is 1. The summed E-state index contributed by atoms with van der Waals surface area (Å²) < 4.78 is 6.50. The third kappa shape index (κ3) is 3.07. The first-order chi connectivity index (χ1) is 8.84. The summed E-state index contributed by atoms with van der Waals surface area (Å²) in [5.41, 5.74) is 1.14. The largest absolute Gasteiger partial charge is 0.413 e. The van der Waals surface area contributed by atoms with Crippen molar-refractivity contribution in [2.75, 3.05) is 0 Å². The highest BCUT2D eigenvalue weighted by molar-refractivity contribution is 6.74. The molecule has 1 N–H and O–H groups in total. The number of hydrogen-bond acceptors (Lipinski definition) is 3. The van der Waals surface area contributed by atoms with Gasteiger partial charge in [-0.3, -0.25) is 4.79 Å². The maximum Gasteiger partial charge on any atom is 0.192 e. The number of aliphatic hydroxyl groups excluding tert-OH is 1. The molecule has 3 nitrogen and oxygen atoms in total. The van der Waals surface area contributed by atoms with E-state index in [4.69, 9.17) is 4.43 Å². The molecule has 0 amide bonds. The number of carbonyl (C=O) groups is 1. The Morgan fingerprint density at radius 3 is 2.25 bits per heavy atom. The molecule has 0 aromatic heterocycles. The number of rotatable bonds is 3. The summed E-state index contributed by atoms with van der Waals surface area (Å²) in [6.45, 7) is 17.0. The van der Waals surface area contributed by atoms with Gasteiger partial charge in [-0.2, -0.15) is 0 Å². The number of aliphatic hydroxyl groups is 1. The Hall–Kier alpha value is -0.453. The second-order valence-electron chi connectivity index (χ2n) is 8.05. The van der Waals surface area contributed by atoms with Gasteiger partial charge in [0.1, 0.15) is 6.29 Å². The van der Waals surface area contributed by atoms with Gasteiger partial charge in [0.2, 0.25) is 0 Å².